The number of fused-ring (bicyclic) bond motifs is 1. The molecule has 2 aromatic carbocycles. The van der Waals surface area contributed by atoms with Crippen LogP contribution in [0.4, 0.5) is 16.8 Å². The summed E-state index contributed by atoms with van der Waals surface area (Å²) in [6, 6.07) is 12.7. The van der Waals surface area contributed by atoms with Crippen molar-refractivity contribution in [1.82, 2.24) is 24.6 Å². The Morgan fingerprint density at radius 2 is 1.89 bits per heavy atom. The van der Waals surface area contributed by atoms with Crippen LogP contribution in [0.25, 0.3) is 22.4 Å². The van der Waals surface area contributed by atoms with E-state index in [1.807, 2.05) is 37.3 Å². The fourth-order valence-electron chi connectivity index (χ4n) is 4.13. The molecule has 5 rings (SSSR count). The molecule has 0 radical (unpaired) electrons. The van der Waals surface area contributed by atoms with E-state index in [0.29, 0.717) is 36.4 Å². The Kier molecular flexibility index (Phi) is 6.97. The Morgan fingerprint density at radius 3 is 2.64 bits per heavy atom. The minimum Gasteiger partial charge on any atom is -0.375 e. The highest BCUT2D eigenvalue weighted by atomic mass is 32.2. The van der Waals surface area contributed by atoms with Gasteiger partial charge in [-0.05, 0) is 48.4 Å². The van der Waals surface area contributed by atoms with E-state index >= 15 is 0 Å². The highest BCUT2D eigenvalue weighted by Crippen LogP contribution is 2.26. The van der Waals surface area contributed by atoms with Crippen molar-refractivity contribution in [3.8, 4) is 0 Å². The van der Waals surface area contributed by atoms with Gasteiger partial charge in [-0.1, -0.05) is 36.5 Å². The van der Waals surface area contributed by atoms with E-state index < -0.39 is 10.0 Å². The van der Waals surface area contributed by atoms with Gasteiger partial charge in [0.15, 0.2) is 5.13 Å². The molecule has 0 bridgehead atoms. The molecule has 1 saturated heterocycles. The maximum atomic E-state index is 13.1. The average Bonchev–Trinajstić information content (AvgIpc) is 3.28. The molecule has 4 aromatic rings. The summed E-state index contributed by atoms with van der Waals surface area (Å²) in [6.07, 6.45) is 8.15. The normalized spacial score (nSPS) is 17.1. The van der Waals surface area contributed by atoms with Crippen molar-refractivity contribution in [1.29, 1.82) is 0 Å². The van der Waals surface area contributed by atoms with Crippen LogP contribution in [0.15, 0.2) is 59.8 Å². The summed E-state index contributed by atoms with van der Waals surface area (Å²) in [6.45, 7) is 3.82. The molecule has 1 aliphatic heterocycles. The smallest absolute Gasteiger partial charge is 0.243 e. The summed E-state index contributed by atoms with van der Waals surface area (Å²) >= 11 is 1.46. The summed E-state index contributed by atoms with van der Waals surface area (Å²) in [5.74, 6) is 0.428. The maximum absolute atomic E-state index is 13.1. The SMILES string of the molecule is CCC1CNCCN1S(=O)(=O)c1ccc(Nc2ncc(/C=C/c3ccc4nc(N)sc4c3)cn2)cc1. The van der Waals surface area contributed by atoms with Gasteiger partial charge in [0.2, 0.25) is 16.0 Å². The molecule has 4 N–H and O–H groups in total. The number of aromatic nitrogens is 3. The van der Waals surface area contributed by atoms with E-state index in [1.54, 1.807) is 41.0 Å². The number of benzene rings is 2. The second kappa shape index (κ2) is 10.3. The molecule has 0 spiro atoms. The lowest BCUT2D eigenvalue weighted by molar-refractivity contribution is 0.261. The van der Waals surface area contributed by atoms with Crippen molar-refractivity contribution in [3.63, 3.8) is 0 Å². The van der Waals surface area contributed by atoms with E-state index in [-0.39, 0.29) is 10.9 Å². The van der Waals surface area contributed by atoms with Crippen molar-refractivity contribution < 1.29 is 8.42 Å². The monoisotopic (exact) mass is 521 g/mol. The van der Waals surface area contributed by atoms with E-state index in [9.17, 15) is 8.42 Å². The Labute approximate surface area is 214 Å². The van der Waals surface area contributed by atoms with Gasteiger partial charge < -0.3 is 16.4 Å². The van der Waals surface area contributed by atoms with Crippen LogP contribution < -0.4 is 16.4 Å². The van der Waals surface area contributed by atoms with Crippen LogP contribution in [-0.4, -0.2) is 53.4 Å². The fraction of sp³-hybridized carbons (Fsp3) is 0.240. The fourth-order valence-corrected chi connectivity index (χ4v) is 6.61. The molecule has 11 heteroatoms. The topological polar surface area (TPSA) is 126 Å². The predicted molar refractivity (Wildman–Crippen MR) is 146 cm³/mol. The Morgan fingerprint density at radius 1 is 1.14 bits per heavy atom. The number of nitrogen functional groups attached to an aromatic ring is 1. The number of nitrogens with two attached hydrogens (primary N) is 1. The van der Waals surface area contributed by atoms with E-state index in [4.69, 9.17) is 5.73 Å². The number of hydrogen-bond donors (Lipinski definition) is 3. The second-order valence-corrected chi connectivity index (χ2v) is 11.4. The van der Waals surface area contributed by atoms with Crippen LogP contribution >= 0.6 is 11.3 Å². The molecular weight excluding hydrogens is 494 g/mol. The van der Waals surface area contributed by atoms with Crippen LogP contribution in [0, 0.1) is 0 Å². The summed E-state index contributed by atoms with van der Waals surface area (Å²) in [7, 11) is -3.54. The largest absolute Gasteiger partial charge is 0.375 e. The number of nitrogens with zero attached hydrogens (tertiary/aromatic N) is 4. The molecule has 1 unspecified atom stereocenters. The Balaban J connectivity index is 1.24. The van der Waals surface area contributed by atoms with Crippen LogP contribution in [0.2, 0.25) is 0 Å². The molecule has 0 aliphatic carbocycles. The first-order chi connectivity index (χ1) is 17.4. The number of sulfonamides is 1. The van der Waals surface area contributed by atoms with Gasteiger partial charge in [-0.3, -0.25) is 0 Å². The van der Waals surface area contributed by atoms with E-state index in [1.165, 1.54) is 11.3 Å². The number of thiazole rings is 1. The van der Waals surface area contributed by atoms with Crippen LogP contribution in [-0.2, 0) is 10.0 Å². The summed E-state index contributed by atoms with van der Waals surface area (Å²) < 4.78 is 28.9. The zero-order valence-electron chi connectivity index (χ0n) is 19.8. The first-order valence-corrected chi connectivity index (χ1v) is 13.9. The Hall–Kier alpha value is -3.38. The average molecular weight is 522 g/mol. The van der Waals surface area contributed by atoms with Gasteiger partial charge in [0.05, 0.1) is 15.1 Å². The van der Waals surface area contributed by atoms with Crippen molar-refractivity contribution in [2.24, 2.45) is 0 Å². The van der Waals surface area contributed by atoms with Gasteiger partial charge in [0, 0.05) is 49.3 Å². The second-order valence-electron chi connectivity index (χ2n) is 8.48. The van der Waals surface area contributed by atoms with Crippen molar-refractivity contribution >= 4 is 60.5 Å². The molecule has 3 heterocycles. The molecule has 36 heavy (non-hydrogen) atoms. The van der Waals surface area contributed by atoms with Gasteiger partial charge in [0.1, 0.15) is 0 Å². The lowest BCUT2D eigenvalue weighted by atomic mass is 10.2. The Bertz CT molecular complexity index is 1480. The third-order valence-electron chi connectivity index (χ3n) is 6.05. The maximum Gasteiger partial charge on any atom is 0.243 e. The van der Waals surface area contributed by atoms with E-state index in [2.05, 4.69) is 25.6 Å². The van der Waals surface area contributed by atoms with Gasteiger partial charge in [-0.25, -0.2) is 23.4 Å². The number of anilines is 3. The molecule has 1 atom stereocenters. The summed E-state index contributed by atoms with van der Waals surface area (Å²) in [5.41, 5.74) is 9.28. The van der Waals surface area contributed by atoms with Gasteiger partial charge in [-0.2, -0.15) is 4.31 Å². The first kappa shape index (κ1) is 24.3. The van der Waals surface area contributed by atoms with Crippen molar-refractivity contribution in [3.05, 3.63) is 66.0 Å². The van der Waals surface area contributed by atoms with Crippen LogP contribution in [0.1, 0.15) is 24.5 Å². The molecule has 186 valence electrons. The minimum absolute atomic E-state index is 0.0306. The molecule has 1 fully saturated rings. The quantitative estimate of drug-likeness (QED) is 0.334. The number of piperazine rings is 1. The zero-order valence-corrected chi connectivity index (χ0v) is 21.4. The highest BCUT2D eigenvalue weighted by Gasteiger charge is 2.32. The minimum atomic E-state index is -3.54. The standard InChI is InChI=1S/C25H27N7O2S2/c1-2-20-16-27-11-12-32(20)36(33,34)21-8-6-19(7-9-21)30-25-28-14-18(15-29-25)4-3-17-5-10-22-23(13-17)35-24(26)31-22/h3-10,13-15,20,27H,2,11-12,16H2,1H3,(H2,26,31)(H,28,29,30)/b4-3+. The van der Waals surface area contributed by atoms with E-state index in [0.717, 1.165) is 27.8 Å². The third-order valence-corrected chi connectivity index (χ3v) is 8.87. The highest BCUT2D eigenvalue weighted by molar-refractivity contribution is 7.89. The van der Waals surface area contributed by atoms with Crippen LogP contribution in [0.5, 0.6) is 0 Å². The first-order valence-electron chi connectivity index (χ1n) is 11.7. The van der Waals surface area contributed by atoms with Crippen molar-refractivity contribution in [2.75, 3.05) is 30.7 Å². The van der Waals surface area contributed by atoms with Crippen molar-refractivity contribution in [2.45, 2.75) is 24.3 Å². The number of hydrogen-bond acceptors (Lipinski definition) is 9. The number of nitrogens with one attached hydrogen (secondary N) is 2. The summed E-state index contributed by atoms with van der Waals surface area (Å²) in [5, 5.41) is 6.94. The van der Waals surface area contributed by atoms with Gasteiger partial charge >= 0.3 is 0 Å². The third kappa shape index (κ3) is 5.24. The van der Waals surface area contributed by atoms with Crippen LogP contribution in [0.3, 0.4) is 0 Å². The summed E-state index contributed by atoms with van der Waals surface area (Å²) in [4.78, 5) is 13.3. The predicted octanol–water partition coefficient (Wildman–Crippen LogP) is 3.96. The molecule has 1 aliphatic rings. The molecule has 0 amide bonds. The lowest BCUT2D eigenvalue weighted by Crippen LogP contribution is -2.53. The lowest BCUT2D eigenvalue weighted by Gasteiger charge is -2.34. The molecule has 9 nitrogen and oxygen atoms in total. The zero-order chi connectivity index (χ0) is 25.1. The van der Waals surface area contributed by atoms with Gasteiger partial charge in [-0.15, -0.1) is 0 Å². The van der Waals surface area contributed by atoms with Gasteiger partial charge in [0.25, 0.3) is 0 Å². The molecule has 2 aromatic heterocycles. The molecular formula is C25H27N7O2S2. The number of rotatable bonds is 7. The molecule has 0 saturated carbocycles.